The molecule has 1 aliphatic rings. The maximum atomic E-state index is 13.0. The molecule has 32 heavy (non-hydrogen) atoms. The lowest BCUT2D eigenvalue weighted by Gasteiger charge is -2.24. The molecule has 0 saturated carbocycles. The normalized spacial score (nSPS) is 16.5. The summed E-state index contributed by atoms with van der Waals surface area (Å²) in [5.74, 6) is 1.42. The number of aromatic hydroxyl groups is 1. The van der Waals surface area contributed by atoms with Crippen LogP contribution in [0.5, 0.6) is 5.75 Å². The van der Waals surface area contributed by atoms with Crippen LogP contribution < -0.4 is 0 Å². The number of rotatable bonds is 3. The molecule has 1 atom stereocenters. The van der Waals surface area contributed by atoms with Gasteiger partial charge in [-0.1, -0.05) is 6.92 Å². The summed E-state index contributed by atoms with van der Waals surface area (Å²) in [7, 11) is 0. The molecule has 8 nitrogen and oxygen atoms in total. The molecule has 1 N–H and O–H groups in total. The van der Waals surface area contributed by atoms with Crippen LogP contribution >= 0.6 is 0 Å². The Morgan fingerprint density at radius 1 is 1.22 bits per heavy atom. The molecule has 0 amide bonds. The second-order valence-corrected chi connectivity index (χ2v) is 7.95. The molecule has 5 rings (SSSR count). The maximum Gasteiger partial charge on any atom is 0.416 e. The van der Waals surface area contributed by atoms with Crippen LogP contribution in [0.1, 0.15) is 42.2 Å². The van der Waals surface area contributed by atoms with Crippen LogP contribution in [0.15, 0.2) is 24.5 Å². The summed E-state index contributed by atoms with van der Waals surface area (Å²) < 4.78 is 43.0. The quantitative estimate of drug-likeness (QED) is 0.517. The Balaban J connectivity index is 1.49. The highest BCUT2D eigenvalue weighted by atomic mass is 19.4. The third kappa shape index (κ3) is 3.37. The highest BCUT2D eigenvalue weighted by molar-refractivity contribution is 5.77. The van der Waals surface area contributed by atoms with Crippen molar-refractivity contribution in [3.63, 3.8) is 0 Å². The third-order valence-electron chi connectivity index (χ3n) is 5.83. The van der Waals surface area contributed by atoms with Gasteiger partial charge in [-0.05, 0) is 31.0 Å². The van der Waals surface area contributed by atoms with Crippen molar-refractivity contribution in [2.24, 2.45) is 0 Å². The molecule has 0 aliphatic carbocycles. The van der Waals surface area contributed by atoms with Crippen LogP contribution in [0, 0.1) is 6.92 Å². The van der Waals surface area contributed by atoms with Crippen molar-refractivity contribution in [3.05, 3.63) is 47.3 Å². The highest BCUT2D eigenvalue weighted by Gasteiger charge is 2.32. The first-order valence-electron chi connectivity index (χ1n) is 10.3. The predicted molar refractivity (Wildman–Crippen MR) is 109 cm³/mol. The first-order chi connectivity index (χ1) is 15.2. The lowest BCUT2D eigenvalue weighted by Crippen LogP contribution is -2.25. The summed E-state index contributed by atoms with van der Waals surface area (Å²) in [6.07, 6.45) is 1.15. The number of alkyl halides is 3. The number of hydrogen-bond acceptors (Lipinski definition) is 6. The topological polar surface area (TPSA) is 94.5 Å². The summed E-state index contributed by atoms with van der Waals surface area (Å²) in [5, 5.41) is 23.3. The van der Waals surface area contributed by atoms with E-state index in [4.69, 9.17) is 0 Å². The van der Waals surface area contributed by atoms with Crippen LogP contribution in [-0.2, 0) is 25.6 Å². The Labute approximate surface area is 180 Å². The summed E-state index contributed by atoms with van der Waals surface area (Å²) >= 11 is 0. The van der Waals surface area contributed by atoms with Crippen molar-refractivity contribution in [1.29, 1.82) is 0 Å². The Hall–Kier alpha value is -3.50. The standard InChI is InChI=1S/C21H20F3N7O/c1-3-17-27-28-18-5-4-13(9-30(17)18)31-10-15-20(29-31)26-14(8-25-15)19-11(2)6-12(7-16(19)32)21(22,23)24/h6-8,10,13,32H,3-5,9H2,1-2H3/t13-/m0/s1. The summed E-state index contributed by atoms with van der Waals surface area (Å²) in [6.45, 7) is 4.24. The number of phenolic OH excluding ortho intramolecular Hbond substituents is 1. The second-order valence-electron chi connectivity index (χ2n) is 7.95. The molecule has 1 aliphatic heterocycles. The fraction of sp³-hybridized carbons (Fsp3) is 0.381. The molecule has 0 spiro atoms. The van der Waals surface area contributed by atoms with Gasteiger partial charge in [-0.2, -0.15) is 18.3 Å². The Bertz CT molecular complexity index is 1290. The molecule has 3 aromatic heterocycles. The molecule has 0 bridgehead atoms. The number of aryl methyl sites for hydroxylation is 3. The maximum absolute atomic E-state index is 13.0. The van der Waals surface area contributed by atoms with Gasteiger partial charge in [0.2, 0.25) is 0 Å². The minimum Gasteiger partial charge on any atom is -0.507 e. The first kappa shape index (κ1) is 20.4. The molecule has 1 aromatic carbocycles. The lowest BCUT2D eigenvalue weighted by molar-refractivity contribution is -0.137. The molecule has 0 unspecified atom stereocenters. The fourth-order valence-electron chi connectivity index (χ4n) is 4.23. The zero-order valence-electron chi connectivity index (χ0n) is 17.4. The van der Waals surface area contributed by atoms with E-state index in [-0.39, 0.29) is 22.9 Å². The lowest BCUT2D eigenvalue weighted by atomic mass is 10.0. The van der Waals surface area contributed by atoms with Crippen LogP contribution in [0.2, 0.25) is 0 Å². The molecular formula is C21H20F3N7O. The summed E-state index contributed by atoms with van der Waals surface area (Å²) in [5.41, 5.74) is 0.761. The molecular weight excluding hydrogens is 423 g/mol. The van der Waals surface area contributed by atoms with Crippen LogP contribution in [0.25, 0.3) is 22.4 Å². The van der Waals surface area contributed by atoms with E-state index in [1.165, 1.54) is 13.1 Å². The van der Waals surface area contributed by atoms with Crippen molar-refractivity contribution >= 4 is 11.2 Å². The zero-order valence-corrected chi connectivity index (χ0v) is 17.4. The van der Waals surface area contributed by atoms with E-state index in [1.54, 1.807) is 0 Å². The SMILES string of the molecule is CCc1nnc2n1C[C@@H](n1cc3ncc(-c4c(C)cc(C(F)(F)F)cc4O)nc3n1)CC2. The van der Waals surface area contributed by atoms with Gasteiger partial charge < -0.3 is 9.67 Å². The highest BCUT2D eigenvalue weighted by Crippen LogP contribution is 2.38. The summed E-state index contributed by atoms with van der Waals surface area (Å²) in [4.78, 5) is 8.86. The van der Waals surface area contributed by atoms with E-state index < -0.39 is 17.5 Å². The van der Waals surface area contributed by atoms with Crippen LogP contribution in [0.3, 0.4) is 0 Å². The number of fused-ring (bicyclic) bond motifs is 2. The van der Waals surface area contributed by atoms with Crippen molar-refractivity contribution in [1.82, 2.24) is 34.5 Å². The van der Waals surface area contributed by atoms with Gasteiger partial charge >= 0.3 is 6.18 Å². The van der Waals surface area contributed by atoms with Gasteiger partial charge in [-0.3, -0.25) is 4.68 Å². The number of nitrogens with zero attached hydrogens (tertiary/aromatic N) is 7. The van der Waals surface area contributed by atoms with Crippen molar-refractivity contribution in [2.75, 3.05) is 0 Å². The third-order valence-corrected chi connectivity index (χ3v) is 5.83. The Kier molecular flexibility index (Phi) is 4.64. The molecule has 4 aromatic rings. The molecule has 166 valence electrons. The van der Waals surface area contributed by atoms with E-state index in [9.17, 15) is 18.3 Å². The second kappa shape index (κ2) is 7.28. The van der Waals surface area contributed by atoms with Crippen molar-refractivity contribution in [2.45, 2.75) is 51.9 Å². The van der Waals surface area contributed by atoms with Crippen molar-refractivity contribution < 1.29 is 18.3 Å². The van der Waals surface area contributed by atoms with E-state index >= 15 is 0 Å². The smallest absolute Gasteiger partial charge is 0.416 e. The van der Waals surface area contributed by atoms with Gasteiger partial charge in [0.15, 0.2) is 5.65 Å². The van der Waals surface area contributed by atoms with Gasteiger partial charge in [0.05, 0.1) is 29.7 Å². The van der Waals surface area contributed by atoms with Crippen LogP contribution in [-0.4, -0.2) is 39.6 Å². The number of phenols is 1. The van der Waals surface area contributed by atoms with Gasteiger partial charge in [-0.15, -0.1) is 10.2 Å². The number of hydrogen-bond donors (Lipinski definition) is 1. The largest absolute Gasteiger partial charge is 0.507 e. The molecule has 11 heteroatoms. The molecule has 0 fully saturated rings. The van der Waals surface area contributed by atoms with Gasteiger partial charge in [0, 0.05) is 24.9 Å². The van der Waals surface area contributed by atoms with Gasteiger partial charge in [0.25, 0.3) is 0 Å². The monoisotopic (exact) mass is 443 g/mol. The minimum atomic E-state index is -4.54. The average molecular weight is 443 g/mol. The summed E-state index contributed by atoms with van der Waals surface area (Å²) in [6, 6.07) is 1.78. The first-order valence-corrected chi connectivity index (χ1v) is 10.3. The van der Waals surface area contributed by atoms with E-state index in [2.05, 4.69) is 29.8 Å². The average Bonchev–Trinajstić information content (AvgIpc) is 3.35. The van der Waals surface area contributed by atoms with E-state index in [0.29, 0.717) is 23.8 Å². The Morgan fingerprint density at radius 2 is 2.03 bits per heavy atom. The van der Waals surface area contributed by atoms with Gasteiger partial charge in [-0.25, -0.2) is 9.97 Å². The minimum absolute atomic E-state index is 0.0875. The van der Waals surface area contributed by atoms with E-state index in [1.807, 2.05) is 17.8 Å². The molecule has 4 heterocycles. The fourth-order valence-corrected chi connectivity index (χ4v) is 4.23. The van der Waals surface area contributed by atoms with Gasteiger partial charge in [0.1, 0.15) is 22.9 Å². The van der Waals surface area contributed by atoms with Crippen LogP contribution in [0.4, 0.5) is 13.2 Å². The Morgan fingerprint density at radius 3 is 2.75 bits per heavy atom. The number of aromatic nitrogens is 7. The number of benzene rings is 1. The number of halogens is 3. The molecule has 0 radical (unpaired) electrons. The molecule has 0 saturated heterocycles. The van der Waals surface area contributed by atoms with E-state index in [0.717, 1.165) is 37.0 Å². The zero-order chi connectivity index (χ0) is 22.6. The predicted octanol–water partition coefficient (Wildman–Crippen LogP) is 3.87. The van der Waals surface area contributed by atoms with Crippen molar-refractivity contribution in [3.8, 4) is 17.0 Å².